The van der Waals surface area contributed by atoms with Gasteiger partial charge < -0.3 is 4.90 Å². The van der Waals surface area contributed by atoms with Gasteiger partial charge in [-0.15, -0.1) is 17.8 Å². The smallest absolute Gasteiger partial charge is 0.234 e. The van der Waals surface area contributed by atoms with Crippen LogP contribution >= 0.6 is 27.3 Å². The molecule has 0 saturated heterocycles. The molecule has 1 rings (SSSR count). The SMILES string of the molecule is C#CCC(=O)N(C)Cc1csc(Br)c1. The van der Waals surface area contributed by atoms with Crippen molar-refractivity contribution < 1.29 is 4.79 Å². The largest absolute Gasteiger partial charge is 0.341 e. The standard InChI is InChI=1S/C10H10BrNOS/c1-3-4-10(13)12(2)6-8-5-9(11)14-7-8/h1,5,7H,4,6H2,2H3. The van der Waals surface area contributed by atoms with Gasteiger partial charge >= 0.3 is 0 Å². The molecule has 1 aromatic rings. The molecule has 0 spiro atoms. The third kappa shape index (κ3) is 3.17. The summed E-state index contributed by atoms with van der Waals surface area (Å²) >= 11 is 4.98. The minimum absolute atomic E-state index is 0.0187. The summed E-state index contributed by atoms with van der Waals surface area (Å²) in [5, 5.41) is 2.02. The van der Waals surface area contributed by atoms with Gasteiger partial charge in [-0.05, 0) is 32.9 Å². The number of carbonyl (C=O) groups excluding carboxylic acids is 1. The van der Waals surface area contributed by atoms with Crippen LogP contribution in [0, 0.1) is 12.3 Å². The van der Waals surface area contributed by atoms with E-state index in [1.165, 1.54) is 0 Å². The number of carbonyl (C=O) groups is 1. The molecule has 0 unspecified atom stereocenters. The summed E-state index contributed by atoms with van der Waals surface area (Å²) in [5.41, 5.74) is 1.12. The molecule has 0 aliphatic carbocycles. The zero-order valence-electron chi connectivity index (χ0n) is 7.79. The lowest BCUT2D eigenvalue weighted by Gasteiger charge is -2.14. The van der Waals surface area contributed by atoms with Crippen molar-refractivity contribution in [1.82, 2.24) is 4.90 Å². The number of terminal acetylenes is 1. The van der Waals surface area contributed by atoms with Gasteiger partial charge in [0.15, 0.2) is 0 Å². The van der Waals surface area contributed by atoms with Crippen LogP contribution in [0.5, 0.6) is 0 Å². The number of halogens is 1. The van der Waals surface area contributed by atoms with Crippen LogP contribution < -0.4 is 0 Å². The van der Waals surface area contributed by atoms with Crippen LogP contribution in [0.4, 0.5) is 0 Å². The Kier molecular flexibility index (Phi) is 4.18. The molecule has 74 valence electrons. The Morgan fingerprint density at radius 3 is 3.00 bits per heavy atom. The number of amides is 1. The van der Waals surface area contributed by atoms with Crippen molar-refractivity contribution in [2.75, 3.05) is 7.05 Å². The molecule has 0 aliphatic heterocycles. The highest BCUT2D eigenvalue weighted by atomic mass is 79.9. The van der Waals surface area contributed by atoms with E-state index in [4.69, 9.17) is 6.42 Å². The average Bonchev–Trinajstić information content (AvgIpc) is 2.51. The Hall–Kier alpha value is -0.790. The quantitative estimate of drug-likeness (QED) is 0.774. The van der Waals surface area contributed by atoms with Crippen molar-refractivity contribution in [3.63, 3.8) is 0 Å². The van der Waals surface area contributed by atoms with E-state index in [1.54, 1.807) is 23.3 Å². The van der Waals surface area contributed by atoms with E-state index in [0.29, 0.717) is 6.54 Å². The zero-order chi connectivity index (χ0) is 10.6. The maximum absolute atomic E-state index is 11.3. The van der Waals surface area contributed by atoms with Gasteiger partial charge in [-0.3, -0.25) is 4.79 Å². The fourth-order valence-electron chi connectivity index (χ4n) is 1.01. The number of nitrogens with zero attached hydrogens (tertiary/aromatic N) is 1. The average molecular weight is 272 g/mol. The van der Waals surface area contributed by atoms with Gasteiger partial charge in [0, 0.05) is 13.6 Å². The van der Waals surface area contributed by atoms with Crippen molar-refractivity contribution in [1.29, 1.82) is 0 Å². The van der Waals surface area contributed by atoms with Gasteiger partial charge in [-0.1, -0.05) is 5.92 Å². The lowest BCUT2D eigenvalue weighted by Crippen LogP contribution is -2.25. The van der Waals surface area contributed by atoms with Gasteiger partial charge in [0.1, 0.15) is 0 Å². The molecule has 0 bridgehead atoms. The molecule has 4 heteroatoms. The molecular weight excluding hydrogens is 262 g/mol. The van der Waals surface area contributed by atoms with Crippen LogP contribution in [0.15, 0.2) is 15.2 Å². The Morgan fingerprint density at radius 1 is 1.79 bits per heavy atom. The van der Waals surface area contributed by atoms with Crippen LogP contribution in [0.1, 0.15) is 12.0 Å². The van der Waals surface area contributed by atoms with Crippen molar-refractivity contribution in [2.24, 2.45) is 0 Å². The Morgan fingerprint density at radius 2 is 2.50 bits per heavy atom. The third-order valence-corrected chi connectivity index (χ3v) is 3.27. The fraction of sp³-hybridized carbons (Fsp3) is 0.300. The summed E-state index contributed by atoms with van der Waals surface area (Å²) in [7, 11) is 1.76. The van der Waals surface area contributed by atoms with E-state index in [9.17, 15) is 4.79 Å². The van der Waals surface area contributed by atoms with Crippen molar-refractivity contribution >= 4 is 33.2 Å². The predicted octanol–water partition coefficient (Wildman–Crippen LogP) is 2.49. The fourth-order valence-corrected chi connectivity index (χ4v) is 2.21. The first-order chi connectivity index (χ1) is 6.63. The lowest BCUT2D eigenvalue weighted by molar-refractivity contribution is -0.129. The Bertz CT molecular complexity index is 366. The third-order valence-electron chi connectivity index (χ3n) is 1.72. The van der Waals surface area contributed by atoms with E-state index in [0.717, 1.165) is 9.35 Å². The van der Waals surface area contributed by atoms with Gasteiger partial charge in [-0.2, -0.15) is 0 Å². The number of thiophene rings is 1. The first-order valence-electron chi connectivity index (χ1n) is 4.04. The molecule has 2 nitrogen and oxygen atoms in total. The highest BCUT2D eigenvalue weighted by Gasteiger charge is 2.08. The van der Waals surface area contributed by atoms with Crippen LogP contribution in [0.25, 0.3) is 0 Å². The topological polar surface area (TPSA) is 20.3 Å². The normalized spacial score (nSPS) is 9.50. The Balaban J connectivity index is 2.53. The zero-order valence-corrected chi connectivity index (χ0v) is 10.2. The van der Waals surface area contributed by atoms with Gasteiger partial charge in [-0.25, -0.2) is 0 Å². The molecule has 0 radical (unpaired) electrons. The molecule has 1 aromatic heterocycles. The summed E-state index contributed by atoms with van der Waals surface area (Å²) in [6.45, 7) is 0.614. The summed E-state index contributed by atoms with van der Waals surface area (Å²) < 4.78 is 1.07. The lowest BCUT2D eigenvalue weighted by atomic mass is 10.3. The molecule has 0 N–H and O–H groups in total. The molecule has 0 saturated carbocycles. The van der Waals surface area contributed by atoms with E-state index < -0.39 is 0 Å². The van der Waals surface area contributed by atoms with Crippen LogP contribution in [-0.2, 0) is 11.3 Å². The Labute approximate surface area is 96.0 Å². The van der Waals surface area contributed by atoms with Crippen LogP contribution in [0.2, 0.25) is 0 Å². The maximum atomic E-state index is 11.3. The summed E-state index contributed by atoms with van der Waals surface area (Å²) in [4.78, 5) is 13.0. The molecule has 0 fully saturated rings. The molecule has 0 aliphatic rings. The molecule has 1 heterocycles. The second-order valence-corrected chi connectivity index (χ2v) is 5.18. The number of rotatable bonds is 3. The predicted molar refractivity (Wildman–Crippen MR) is 61.9 cm³/mol. The van der Waals surface area contributed by atoms with Crippen molar-refractivity contribution in [2.45, 2.75) is 13.0 Å². The molecular formula is C10H10BrNOS. The first-order valence-corrected chi connectivity index (χ1v) is 5.71. The van der Waals surface area contributed by atoms with Gasteiger partial charge in [0.2, 0.25) is 5.91 Å². The molecule has 0 atom stereocenters. The molecule has 0 aromatic carbocycles. The summed E-state index contributed by atoms with van der Waals surface area (Å²) in [5.74, 6) is 2.32. The number of hydrogen-bond acceptors (Lipinski definition) is 2. The van der Waals surface area contributed by atoms with Crippen LogP contribution in [0.3, 0.4) is 0 Å². The highest BCUT2D eigenvalue weighted by Crippen LogP contribution is 2.21. The van der Waals surface area contributed by atoms with Crippen LogP contribution in [-0.4, -0.2) is 17.9 Å². The minimum Gasteiger partial charge on any atom is -0.341 e. The summed E-state index contributed by atoms with van der Waals surface area (Å²) in [6, 6.07) is 2.00. The summed E-state index contributed by atoms with van der Waals surface area (Å²) in [6.07, 6.45) is 5.23. The second kappa shape index (κ2) is 5.18. The maximum Gasteiger partial charge on any atom is 0.234 e. The molecule has 1 amide bonds. The van der Waals surface area contributed by atoms with Gasteiger partial charge in [0.25, 0.3) is 0 Å². The highest BCUT2D eigenvalue weighted by molar-refractivity contribution is 9.11. The first kappa shape index (κ1) is 11.3. The van der Waals surface area contributed by atoms with E-state index in [1.807, 2.05) is 11.4 Å². The van der Waals surface area contributed by atoms with Crippen molar-refractivity contribution in [3.8, 4) is 12.3 Å². The van der Waals surface area contributed by atoms with Crippen molar-refractivity contribution in [3.05, 3.63) is 20.8 Å². The molecule has 14 heavy (non-hydrogen) atoms. The number of hydrogen-bond donors (Lipinski definition) is 0. The van der Waals surface area contributed by atoms with E-state index in [-0.39, 0.29) is 12.3 Å². The van der Waals surface area contributed by atoms with Gasteiger partial charge in [0.05, 0.1) is 10.2 Å². The van der Waals surface area contributed by atoms with E-state index in [2.05, 4.69) is 21.9 Å². The van der Waals surface area contributed by atoms with E-state index >= 15 is 0 Å². The second-order valence-electron chi connectivity index (χ2n) is 2.89. The monoisotopic (exact) mass is 271 g/mol. The minimum atomic E-state index is -0.0187.